The van der Waals surface area contributed by atoms with Crippen LogP contribution in [0.5, 0.6) is 0 Å². The Hall–Kier alpha value is -2.22. The van der Waals surface area contributed by atoms with Gasteiger partial charge in [0.2, 0.25) is 5.91 Å². The zero-order valence-corrected chi connectivity index (χ0v) is 17.0. The van der Waals surface area contributed by atoms with Gasteiger partial charge in [0.25, 0.3) is 5.91 Å². The van der Waals surface area contributed by atoms with E-state index in [-0.39, 0.29) is 11.8 Å². The number of thiophene rings is 1. The van der Waals surface area contributed by atoms with E-state index in [0.29, 0.717) is 34.4 Å². The molecule has 0 bridgehead atoms. The van der Waals surface area contributed by atoms with Crippen molar-refractivity contribution >= 4 is 51.2 Å². The number of carbonyl (C=O) groups excluding carboxylic acids is 2. The van der Waals surface area contributed by atoms with Crippen molar-refractivity contribution in [2.45, 2.75) is 19.8 Å². The van der Waals surface area contributed by atoms with E-state index in [2.05, 4.69) is 15.6 Å². The first-order chi connectivity index (χ1) is 13.0. The summed E-state index contributed by atoms with van der Waals surface area (Å²) in [7, 11) is 0. The van der Waals surface area contributed by atoms with Crippen LogP contribution in [0.1, 0.15) is 27.4 Å². The molecule has 140 valence electrons. The van der Waals surface area contributed by atoms with Gasteiger partial charge in [-0.05, 0) is 36.9 Å². The zero-order chi connectivity index (χ0) is 19.2. The summed E-state index contributed by atoms with van der Waals surface area (Å²) in [5.74, 6) is -0.217. The summed E-state index contributed by atoms with van der Waals surface area (Å²) in [6, 6.07) is 11.1. The lowest BCUT2D eigenvalue weighted by Crippen LogP contribution is -2.24. The van der Waals surface area contributed by atoms with Gasteiger partial charge in [-0.15, -0.1) is 22.7 Å². The first-order valence-electron chi connectivity index (χ1n) is 8.38. The van der Waals surface area contributed by atoms with Crippen molar-refractivity contribution in [3.05, 3.63) is 56.6 Å². The van der Waals surface area contributed by atoms with Crippen molar-refractivity contribution in [3.8, 4) is 11.3 Å². The number of nitrogens with zero attached hydrogens (tertiary/aromatic N) is 1. The maximum atomic E-state index is 12.1. The molecule has 8 heteroatoms. The van der Waals surface area contributed by atoms with Crippen LogP contribution >= 0.6 is 34.3 Å². The molecule has 0 spiro atoms. The van der Waals surface area contributed by atoms with Crippen molar-refractivity contribution in [2.75, 3.05) is 11.9 Å². The Bertz CT molecular complexity index is 921. The van der Waals surface area contributed by atoms with Gasteiger partial charge in [-0.3, -0.25) is 9.59 Å². The van der Waals surface area contributed by atoms with Gasteiger partial charge in [-0.1, -0.05) is 29.8 Å². The molecule has 2 heterocycles. The van der Waals surface area contributed by atoms with E-state index in [4.69, 9.17) is 11.6 Å². The third-order valence-electron chi connectivity index (χ3n) is 3.77. The van der Waals surface area contributed by atoms with Crippen LogP contribution in [0.15, 0.2) is 41.8 Å². The molecule has 3 aromatic rings. The van der Waals surface area contributed by atoms with Gasteiger partial charge in [-0.25, -0.2) is 4.98 Å². The lowest BCUT2D eigenvalue weighted by molar-refractivity contribution is -0.116. The lowest BCUT2D eigenvalue weighted by Gasteiger charge is -2.04. The van der Waals surface area contributed by atoms with Gasteiger partial charge in [-0.2, -0.15) is 0 Å². The summed E-state index contributed by atoms with van der Waals surface area (Å²) in [6.45, 7) is 2.43. The second-order valence-corrected chi connectivity index (χ2v) is 8.40. The molecule has 0 fully saturated rings. The first kappa shape index (κ1) is 19.5. The smallest absolute Gasteiger partial charge is 0.261 e. The predicted molar refractivity (Wildman–Crippen MR) is 112 cm³/mol. The van der Waals surface area contributed by atoms with Crippen LogP contribution in [0.3, 0.4) is 0 Å². The number of carbonyl (C=O) groups is 2. The van der Waals surface area contributed by atoms with Crippen LogP contribution in [0, 0.1) is 6.92 Å². The number of hydrogen-bond acceptors (Lipinski definition) is 5. The SMILES string of the molecule is Cc1sc(NC(=O)CCCNC(=O)c2cccs2)nc1-c1ccc(Cl)cc1. The molecule has 2 amide bonds. The molecule has 2 aromatic heterocycles. The molecule has 0 unspecified atom stereocenters. The molecule has 0 saturated heterocycles. The summed E-state index contributed by atoms with van der Waals surface area (Å²) in [6.07, 6.45) is 0.886. The Morgan fingerprint density at radius 2 is 1.96 bits per heavy atom. The molecular weight excluding hydrogens is 402 g/mol. The second kappa shape index (κ2) is 9.12. The fourth-order valence-electron chi connectivity index (χ4n) is 2.45. The van der Waals surface area contributed by atoms with E-state index in [0.717, 1.165) is 16.1 Å². The largest absolute Gasteiger partial charge is 0.351 e. The highest BCUT2D eigenvalue weighted by molar-refractivity contribution is 7.16. The van der Waals surface area contributed by atoms with Crippen LogP contribution in [0.4, 0.5) is 5.13 Å². The van der Waals surface area contributed by atoms with Crippen LogP contribution in [0.25, 0.3) is 11.3 Å². The Kier molecular flexibility index (Phi) is 6.60. The molecule has 5 nitrogen and oxygen atoms in total. The topological polar surface area (TPSA) is 71.1 Å². The number of nitrogens with one attached hydrogen (secondary N) is 2. The van der Waals surface area contributed by atoms with Crippen molar-refractivity contribution < 1.29 is 9.59 Å². The Morgan fingerprint density at radius 1 is 1.19 bits per heavy atom. The summed E-state index contributed by atoms with van der Waals surface area (Å²) >= 11 is 8.76. The number of amides is 2. The maximum Gasteiger partial charge on any atom is 0.261 e. The lowest BCUT2D eigenvalue weighted by atomic mass is 10.1. The van der Waals surface area contributed by atoms with E-state index < -0.39 is 0 Å². The summed E-state index contributed by atoms with van der Waals surface area (Å²) < 4.78 is 0. The van der Waals surface area contributed by atoms with Gasteiger partial charge in [0.15, 0.2) is 5.13 Å². The van der Waals surface area contributed by atoms with Crippen molar-refractivity contribution in [2.24, 2.45) is 0 Å². The molecule has 1 aromatic carbocycles. The molecule has 0 radical (unpaired) electrons. The van der Waals surface area contributed by atoms with E-state index in [9.17, 15) is 9.59 Å². The molecule has 0 saturated carbocycles. The van der Waals surface area contributed by atoms with Gasteiger partial charge < -0.3 is 10.6 Å². The number of halogens is 1. The van der Waals surface area contributed by atoms with Crippen LogP contribution in [-0.4, -0.2) is 23.3 Å². The molecule has 0 aliphatic heterocycles. The quantitative estimate of drug-likeness (QED) is 0.530. The molecule has 0 atom stereocenters. The highest BCUT2D eigenvalue weighted by Crippen LogP contribution is 2.31. The highest BCUT2D eigenvalue weighted by atomic mass is 35.5. The van der Waals surface area contributed by atoms with Gasteiger partial charge in [0.1, 0.15) is 0 Å². The summed E-state index contributed by atoms with van der Waals surface area (Å²) in [5, 5.41) is 8.75. The molecule has 0 aliphatic carbocycles. The Labute approximate surface area is 170 Å². The molecule has 3 rings (SSSR count). The fraction of sp³-hybridized carbons (Fsp3) is 0.211. The Balaban J connectivity index is 1.47. The average molecular weight is 420 g/mol. The molecular formula is C19H18ClN3O2S2. The third kappa shape index (κ3) is 5.38. The first-order valence-corrected chi connectivity index (χ1v) is 10.5. The number of aryl methyl sites for hydroxylation is 1. The number of rotatable bonds is 7. The number of benzene rings is 1. The highest BCUT2D eigenvalue weighted by Gasteiger charge is 2.12. The average Bonchev–Trinajstić information content (AvgIpc) is 3.29. The van der Waals surface area contributed by atoms with Crippen LogP contribution in [0.2, 0.25) is 5.02 Å². The number of hydrogen-bond donors (Lipinski definition) is 2. The van der Waals surface area contributed by atoms with Crippen molar-refractivity contribution in [1.29, 1.82) is 0 Å². The van der Waals surface area contributed by atoms with Crippen LogP contribution in [-0.2, 0) is 4.79 Å². The normalized spacial score (nSPS) is 10.6. The van der Waals surface area contributed by atoms with Gasteiger partial charge in [0, 0.05) is 28.4 Å². The monoisotopic (exact) mass is 419 g/mol. The van der Waals surface area contributed by atoms with E-state index in [1.165, 1.54) is 22.7 Å². The molecule has 27 heavy (non-hydrogen) atoms. The zero-order valence-electron chi connectivity index (χ0n) is 14.6. The molecule has 0 aliphatic rings. The van der Waals surface area contributed by atoms with Crippen molar-refractivity contribution in [1.82, 2.24) is 10.3 Å². The number of aromatic nitrogens is 1. The summed E-state index contributed by atoms with van der Waals surface area (Å²) in [4.78, 5) is 30.1. The van der Waals surface area contributed by atoms with E-state index >= 15 is 0 Å². The van der Waals surface area contributed by atoms with Gasteiger partial charge in [0.05, 0.1) is 10.6 Å². The fourth-order valence-corrected chi connectivity index (χ4v) is 4.07. The maximum absolute atomic E-state index is 12.1. The third-order valence-corrected chi connectivity index (χ3v) is 5.78. The minimum Gasteiger partial charge on any atom is -0.351 e. The van der Waals surface area contributed by atoms with Crippen molar-refractivity contribution in [3.63, 3.8) is 0 Å². The van der Waals surface area contributed by atoms with Gasteiger partial charge >= 0.3 is 0 Å². The summed E-state index contributed by atoms with van der Waals surface area (Å²) in [5.41, 5.74) is 1.81. The minimum absolute atomic E-state index is 0.103. The second-order valence-electron chi connectivity index (χ2n) is 5.82. The van der Waals surface area contributed by atoms with Crippen LogP contribution < -0.4 is 10.6 Å². The van der Waals surface area contributed by atoms with E-state index in [1.54, 1.807) is 6.07 Å². The molecule has 2 N–H and O–H groups in total. The Morgan fingerprint density at radius 3 is 2.67 bits per heavy atom. The van der Waals surface area contributed by atoms with E-state index in [1.807, 2.05) is 42.6 Å². The number of thiazole rings is 1. The minimum atomic E-state index is -0.114. The standard InChI is InChI=1S/C19H18ClN3O2S2/c1-12-17(13-6-8-14(20)9-7-13)23-19(27-12)22-16(24)5-2-10-21-18(25)15-4-3-11-26-15/h3-4,6-9,11H,2,5,10H2,1H3,(H,21,25)(H,22,23,24). The number of anilines is 1. The predicted octanol–water partition coefficient (Wildman–Crippen LogP) is 4.98.